The number of halogens is 1. The molecule has 0 fully saturated rings. The predicted octanol–water partition coefficient (Wildman–Crippen LogP) is 2.40. The molecular weight excluding hydrogens is 254 g/mol. The van der Waals surface area contributed by atoms with Crippen LogP contribution in [0.25, 0.3) is 5.69 Å². The lowest BCUT2D eigenvalue weighted by Gasteiger charge is -2.05. The summed E-state index contributed by atoms with van der Waals surface area (Å²) in [5, 5.41) is 4.31. The zero-order valence-electron chi connectivity index (χ0n) is 8.44. The van der Waals surface area contributed by atoms with Crippen LogP contribution in [0.4, 0.5) is 0 Å². The molecule has 0 spiro atoms. The Labute approximate surface area is 97.0 Å². The summed E-state index contributed by atoms with van der Waals surface area (Å²) in [5.41, 5.74) is 8.82. The average Bonchev–Trinajstić information content (AvgIpc) is 2.59. The predicted molar refractivity (Wildman–Crippen MR) is 63.9 cm³/mol. The molecule has 15 heavy (non-hydrogen) atoms. The molecule has 0 saturated heterocycles. The maximum Gasteiger partial charge on any atom is 0.0660 e. The molecule has 0 unspecified atom stereocenters. The fourth-order valence-corrected chi connectivity index (χ4v) is 1.90. The van der Waals surface area contributed by atoms with Crippen LogP contribution in [0.15, 0.2) is 34.9 Å². The minimum Gasteiger partial charge on any atom is -0.326 e. The van der Waals surface area contributed by atoms with Crippen LogP contribution >= 0.6 is 15.9 Å². The normalized spacial score (nSPS) is 10.6. The molecule has 3 nitrogen and oxygen atoms in total. The van der Waals surface area contributed by atoms with Crippen LogP contribution in [0.2, 0.25) is 0 Å². The van der Waals surface area contributed by atoms with Crippen molar-refractivity contribution in [3.05, 3.63) is 46.2 Å². The van der Waals surface area contributed by atoms with Crippen molar-refractivity contribution in [2.24, 2.45) is 5.73 Å². The van der Waals surface area contributed by atoms with E-state index in [-0.39, 0.29) is 0 Å². The van der Waals surface area contributed by atoms with Gasteiger partial charge in [0.25, 0.3) is 0 Å². The quantitative estimate of drug-likeness (QED) is 0.907. The molecule has 1 aromatic heterocycles. The monoisotopic (exact) mass is 265 g/mol. The lowest BCUT2D eigenvalue weighted by Crippen LogP contribution is -2.01. The highest BCUT2D eigenvalue weighted by atomic mass is 79.9. The van der Waals surface area contributed by atoms with E-state index in [9.17, 15) is 0 Å². The van der Waals surface area contributed by atoms with Gasteiger partial charge in [-0.2, -0.15) is 5.10 Å². The third-order valence-corrected chi connectivity index (χ3v) is 2.88. The zero-order chi connectivity index (χ0) is 10.8. The summed E-state index contributed by atoms with van der Waals surface area (Å²) < 4.78 is 2.94. The van der Waals surface area contributed by atoms with Crippen LogP contribution in [-0.2, 0) is 6.54 Å². The maximum atomic E-state index is 5.61. The van der Waals surface area contributed by atoms with Gasteiger partial charge < -0.3 is 5.73 Å². The lowest BCUT2D eigenvalue weighted by atomic mass is 10.2. The number of hydrogen-bond donors (Lipinski definition) is 1. The van der Waals surface area contributed by atoms with Gasteiger partial charge in [0.05, 0.1) is 11.9 Å². The van der Waals surface area contributed by atoms with Crippen molar-refractivity contribution in [2.75, 3.05) is 0 Å². The van der Waals surface area contributed by atoms with Crippen LogP contribution in [0.5, 0.6) is 0 Å². The number of nitrogens with two attached hydrogens (primary N) is 1. The van der Waals surface area contributed by atoms with Gasteiger partial charge in [0.1, 0.15) is 0 Å². The SMILES string of the molecule is Cc1c(CN)cnn1-c1cccc(Br)c1. The van der Waals surface area contributed by atoms with Gasteiger partial charge >= 0.3 is 0 Å². The Balaban J connectivity index is 2.49. The summed E-state index contributed by atoms with van der Waals surface area (Å²) in [6.45, 7) is 2.55. The van der Waals surface area contributed by atoms with E-state index in [0.717, 1.165) is 21.4 Å². The molecule has 2 rings (SSSR count). The number of hydrogen-bond acceptors (Lipinski definition) is 2. The molecule has 2 aromatic rings. The minimum atomic E-state index is 0.528. The van der Waals surface area contributed by atoms with E-state index in [4.69, 9.17) is 5.73 Å². The highest BCUT2D eigenvalue weighted by Gasteiger charge is 2.06. The summed E-state index contributed by atoms with van der Waals surface area (Å²) in [5.74, 6) is 0. The van der Waals surface area contributed by atoms with Crippen molar-refractivity contribution in [3.8, 4) is 5.69 Å². The van der Waals surface area contributed by atoms with Gasteiger partial charge in [0.15, 0.2) is 0 Å². The van der Waals surface area contributed by atoms with E-state index in [1.165, 1.54) is 0 Å². The molecule has 0 amide bonds. The molecule has 0 radical (unpaired) electrons. The Morgan fingerprint density at radius 3 is 2.87 bits per heavy atom. The summed E-state index contributed by atoms with van der Waals surface area (Å²) >= 11 is 3.44. The Morgan fingerprint density at radius 1 is 1.47 bits per heavy atom. The van der Waals surface area contributed by atoms with Gasteiger partial charge in [-0.25, -0.2) is 4.68 Å². The first-order chi connectivity index (χ1) is 7.22. The van der Waals surface area contributed by atoms with E-state index < -0.39 is 0 Å². The lowest BCUT2D eigenvalue weighted by molar-refractivity contribution is 0.842. The van der Waals surface area contributed by atoms with E-state index in [1.807, 2.05) is 42.1 Å². The summed E-state index contributed by atoms with van der Waals surface area (Å²) in [4.78, 5) is 0. The van der Waals surface area contributed by atoms with Crippen molar-refractivity contribution >= 4 is 15.9 Å². The van der Waals surface area contributed by atoms with E-state index in [2.05, 4.69) is 21.0 Å². The van der Waals surface area contributed by atoms with E-state index in [0.29, 0.717) is 6.54 Å². The molecule has 4 heteroatoms. The molecule has 1 aromatic carbocycles. The van der Waals surface area contributed by atoms with Crippen molar-refractivity contribution in [1.29, 1.82) is 0 Å². The first kappa shape index (κ1) is 10.4. The van der Waals surface area contributed by atoms with Crippen molar-refractivity contribution in [1.82, 2.24) is 9.78 Å². The number of nitrogens with zero attached hydrogens (tertiary/aromatic N) is 2. The zero-order valence-corrected chi connectivity index (χ0v) is 10.0. The standard InChI is InChI=1S/C11H12BrN3/c1-8-9(6-13)7-14-15(8)11-4-2-3-10(12)5-11/h2-5,7H,6,13H2,1H3. The van der Waals surface area contributed by atoms with Gasteiger partial charge in [0.2, 0.25) is 0 Å². The Kier molecular flexibility index (Phi) is 2.88. The molecule has 0 aliphatic carbocycles. The minimum absolute atomic E-state index is 0.528. The van der Waals surface area contributed by atoms with Crippen LogP contribution in [0.3, 0.4) is 0 Å². The fourth-order valence-electron chi connectivity index (χ4n) is 1.51. The average molecular weight is 266 g/mol. The molecule has 0 aliphatic heterocycles. The maximum absolute atomic E-state index is 5.61. The molecule has 0 atom stereocenters. The molecule has 78 valence electrons. The second-order valence-corrected chi connectivity index (χ2v) is 4.27. The second-order valence-electron chi connectivity index (χ2n) is 3.35. The smallest absolute Gasteiger partial charge is 0.0660 e. The summed E-state index contributed by atoms with van der Waals surface area (Å²) in [6, 6.07) is 8.03. The molecule has 0 saturated carbocycles. The topological polar surface area (TPSA) is 43.8 Å². The van der Waals surface area contributed by atoms with E-state index >= 15 is 0 Å². The van der Waals surface area contributed by atoms with Crippen molar-refractivity contribution in [2.45, 2.75) is 13.5 Å². The van der Waals surface area contributed by atoms with Gasteiger partial charge in [0, 0.05) is 22.3 Å². The van der Waals surface area contributed by atoms with Crippen LogP contribution in [-0.4, -0.2) is 9.78 Å². The van der Waals surface area contributed by atoms with Gasteiger partial charge in [-0.15, -0.1) is 0 Å². The molecule has 2 N–H and O–H groups in total. The Hall–Kier alpha value is -1.13. The highest BCUT2D eigenvalue weighted by Crippen LogP contribution is 2.17. The highest BCUT2D eigenvalue weighted by molar-refractivity contribution is 9.10. The van der Waals surface area contributed by atoms with E-state index in [1.54, 1.807) is 0 Å². The third kappa shape index (κ3) is 1.96. The number of aromatic nitrogens is 2. The second kappa shape index (κ2) is 4.16. The summed E-state index contributed by atoms with van der Waals surface area (Å²) in [6.07, 6.45) is 1.82. The number of rotatable bonds is 2. The fraction of sp³-hybridized carbons (Fsp3) is 0.182. The molecular formula is C11H12BrN3. The van der Waals surface area contributed by atoms with Crippen molar-refractivity contribution in [3.63, 3.8) is 0 Å². The first-order valence-electron chi connectivity index (χ1n) is 4.72. The first-order valence-corrected chi connectivity index (χ1v) is 5.51. The van der Waals surface area contributed by atoms with Gasteiger partial charge in [-0.1, -0.05) is 22.0 Å². The van der Waals surface area contributed by atoms with Crippen LogP contribution in [0, 0.1) is 6.92 Å². The van der Waals surface area contributed by atoms with Gasteiger partial charge in [-0.3, -0.25) is 0 Å². The molecule has 1 heterocycles. The van der Waals surface area contributed by atoms with Crippen LogP contribution in [0.1, 0.15) is 11.3 Å². The molecule has 0 aliphatic rings. The molecule has 0 bridgehead atoms. The Bertz CT molecular complexity index is 476. The van der Waals surface area contributed by atoms with Crippen molar-refractivity contribution < 1.29 is 0 Å². The number of benzene rings is 1. The van der Waals surface area contributed by atoms with Crippen LogP contribution < -0.4 is 5.73 Å². The van der Waals surface area contributed by atoms with Gasteiger partial charge in [-0.05, 0) is 25.1 Å². The third-order valence-electron chi connectivity index (χ3n) is 2.38. The Morgan fingerprint density at radius 2 is 2.27 bits per heavy atom. The summed E-state index contributed by atoms with van der Waals surface area (Å²) in [7, 11) is 0. The largest absolute Gasteiger partial charge is 0.326 e.